The number of hydrogen-bond donors (Lipinski definition) is 0. The number of aryl methyl sites for hydroxylation is 1. The lowest BCUT2D eigenvalue weighted by Gasteiger charge is -2.41. The average Bonchev–Trinajstić information content (AvgIpc) is 3.52. The highest BCUT2D eigenvalue weighted by Gasteiger charge is 2.41. The van der Waals surface area contributed by atoms with Crippen LogP contribution in [0.4, 0.5) is 16.2 Å². The van der Waals surface area contributed by atoms with Gasteiger partial charge in [-0.25, -0.2) is 4.79 Å². The van der Waals surface area contributed by atoms with Crippen molar-refractivity contribution in [2.24, 2.45) is 11.8 Å². The number of rotatable bonds is 5. The van der Waals surface area contributed by atoms with Gasteiger partial charge in [-0.2, -0.15) is 0 Å². The fraction of sp³-hybridized carbons (Fsp3) is 0.538. The predicted octanol–water partition coefficient (Wildman–Crippen LogP) is 4.61. The molecule has 2 aliphatic heterocycles. The van der Waals surface area contributed by atoms with E-state index in [1.807, 2.05) is 37.8 Å². The molecule has 0 bridgehead atoms. The zero-order valence-electron chi connectivity index (χ0n) is 19.9. The van der Waals surface area contributed by atoms with E-state index in [1.54, 1.807) is 4.90 Å². The van der Waals surface area contributed by atoms with Crippen molar-refractivity contribution in [3.05, 3.63) is 36.2 Å². The van der Waals surface area contributed by atoms with Gasteiger partial charge in [0.25, 0.3) is 0 Å². The molecule has 0 unspecified atom stereocenters. The van der Waals surface area contributed by atoms with Crippen LogP contribution in [0.3, 0.4) is 0 Å². The zero-order chi connectivity index (χ0) is 23.3. The van der Waals surface area contributed by atoms with Crippen LogP contribution in [0.1, 0.15) is 39.3 Å². The molecule has 3 aliphatic rings. The summed E-state index contributed by atoms with van der Waals surface area (Å²) in [5, 5.41) is 0. The summed E-state index contributed by atoms with van der Waals surface area (Å²) >= 11 is 0. The second-order valence-electron chi connectivity index (χ2n) is 10.0. The SMILES string of the molecule is Cc1cc(-c2ccc3c(c2)N(C(=O)OC(C)C)C[C@H](C)N3C(=O)C2CC2)cn1CC1COC1. The van der Waals surface area contributed by atoms with Crippen molar-refractivity contribution >= 4 is 23.4 Å². The smallest absolute Gasteiger partial charge is 0.414 e. The first-order valence-electron chi connectivity index (χ1n) is 12.0. The van der Waals surface area contributed by atoms with Crippen LogP contribution < -0.4 is 9.80 Å². The number of hydrogen-bond acceptors (Lipinski definition) is 4. The summed E-state index contributed by atoms with van der Waals surface area (Å²) in [6, 6.07) is 8.15. The number of anilines is 2. The third kappa shape index (κ3) is 4.26. The van der Waals surface area contributed by atoms with Gasteiger partial charge in [0.2, 0.25) is 5.91 Å². The lowest BCUT2D eigenvalue weighted by atomic mass is 10.0. The van der Waals surface area contributed by atoms with Gasteiger partial charge >= 0.3 is 6.09 Å². The van der Waals surface area contributed by atoms with E-state index in [4.69, 9.17) is 9.47 Å². The summed E-state index contributed by atoms with van der Waals surface area (Å²) < 4.78 is 13.2. The van der Waals surface area contributed by atoms with Crippen molar-refractivity contribution in [2.45, 2.75) is 59.2 Å². The van der Waals surface area contributed by atoms with Crippen molar-refractivity contribution in [1.29, 1.82) is 0 Å². The van der Waals surface area contributed by atoms with Crippen LogP contribution in [0.15, 0.2) is 30.5 Å². The Morgan fingerprint density at radius 2 is 1.88 bits per heavy atom. The van der Waals surface area contributed by atoms with E-state index in [0.29, 0.717) is 12.5 Å². The number of carbonyl (C=O) groups is 2. The van der Waals surface area contributed by atoms with Crippen LogP contribution in [0, 0.1) is 18.8 Å². The van der Waals surface area contributed by atoms with Gasteiger partial charge in [0.05, 0.1) is 36.7 Å². The maximum absolute atomic E-state index is 13.1. The molecule has 1 atom stereocenters. The molecule has 176 valence electrons. The van der Waals surface area contributed by atoms with Crippen molar-refractivity contribution in [2.75, 3.05) is 29.6 Å². The Kier molecular flexibility index (Phi) is 5.69. The minimum absolute atomic E-state index is 0.107. The van der Waals surface area contributed by atoms with E-state index in [0.717, 1.165) is 55.1 Å². The monoisotopic (exact) mass is 451 g/mol. The summed E-state index contributed by atoms with van der Waals surface area (Å²) in [4.78, 5) is 29.7. The van der Waals surface area contributed by atoms with Crippen LogP contribution >= 0.6 is 0 Å². The number of amides is 2. The van der Waals surface area contributed by atoms with Crippen LogP contribution in [0.25, 0.3) is 11.1 Å². The van der Waals surface area contributed by atoms with E-state index >= 15 is 0 Å². The second kappa shape index (κ2) is 8.52. The van der Waals surface area contributed by atoms with Crippen LogP contribution in [-0.4, -0.2) is 48.5 Å². The standard InChI is InChI=1S/C26H33N3O4/c1-16(2)33-26(31)28-11-18(4)29(25(30)20-5-6-20)23-8-7-21(10-24(23)28)22-9-17(3)27(13-22)12-19-14-32-15-19/h7-10,13,16,18-20H,5-6,11-12,14-15H2,1-4H3/t18-/m0/s1. The molecule has 2 aromatic rings. The van der Waals surface area contributed by atoms with Crippen molar-refractivity contribution in [3.8, 4) is 11.1 Å². The topological polar surface area (TPSA) is 64.0 Å². The van der Waals surface area contributed by atoms with Crippen LogP contribution in [0.2, 0.25) is 0 Å². The van der Waals surface area contributed by atoms with Gasteiger partial charge in [-0.3, -0.25) is 9.69 Å². The maximum atomic E-state index is 13.1. The number of fused-ring (bicyclic) bond motifs is 1. The molecule has 3 heterocycles. The number of nitrogens with zero attached hydrogens (tertiary/aromatic N) is 3. The Morgan fingerprint density at radius 3 is 2.52 bits per heavy atom. The Balaban J connectivity index is 1.51. The molecule has 5 rings (SSSR count). The van der Waals surface area contributed by atoms with E-state index in [2.05, 4.69) is 29.8 Å². The van der Waals surface area contributed by atoms with Gasteiger partial charge in [-0.15, -0.1) is 0 Å². The van der Waals surface area contributed by atoms with Crippen molar-refractivity contribution in [3.63, 3.8) is 0 Å². The first-order chi connectivity index (χ1) is 15.8. The summed E-state index contributed by atoms with van der Waals surface area (Å²) in [5.74, 6) is 0.844. The molecule has 0 spiro atoms. The minimum Gasteiger partial charge on any atom is -0.446 e. The lowest BCUT2D eigenvalue weighted by Crippen LogP contribution is -2.52. The number of carbonyl (C=O) groups excluding carboxylic acids is 2. The van der Waals surface area contributed by atoms with E-state index in [9.17, 15) is 9.59 Å². The molecule has 2 amide bonds. The van der Waals surface area contributed by atoms with Gasteiger partial charge in [0.15, 0.2) is 0 Å². The highest BCUT2D eigenvalue weighted by molar-refractivity contribution is 6.05. The van der Waals surface area contributed by atoms with E-state index in [-0.39, 0.29) is 30.1 Å². The largest absolute Gasteiger partial charge is 0.446 e. The van der Waals surface area contributed by atoms with Crippen LogP contribution in [-0.2, 0) is 20.8 Å². The number of aromatic nitrogens is 1. The molecule has 1 aromatic carbocycles. The Bertz CT molecular complexity index is 1070. The normalized spacial score (nSPS) is 20.6. The molecule has 1 saturated heterocycles. The molecular formula is C26H33N3O4. The molecule has 7 heteroatoms. The molecule has 0 radical (unpaired) electrons. The minimum atomic E-state index is -0.368. The fourth-order valence-corrected chi connectivity index (χ4v) is 4.74. The number of ether oxygens (including phenoxy) is 2. The summed E-state index contributed by atoms with van der Waals surface area (Å²) in [5.41, 5.74) is 4.85. The molecular weight excluding hydrogens is 418 g/mol. The Labute approximate surface area is 195 Å². The average molecular weight is 452 g/mol. The third-order valence-electron chi connectivity index (χ3n) is 6.74. The van der Waals surface area contributed by atoms with Crippen molar-refractivity contribution in [1.82, 2.24) is 4.57 Å². The fourth-order valence-electron chi connectivity index (χ4n) is 4.74. The highest BCUT2D eigenvalue weighted by Crippen LogP contribution is 2.42. The second-order valence-corrected chi connectivity index (χ2v) is 10.0. The van der Waals surface area contributed by atoms with Crippen LogP contribution in [0.5, 0.6) is 0 Å². The van der Waals surface area contributed by atoms with E-state index < -0.39 is 0 Å². The highest BCUT2D eigenvalue weighted by atomic mass is 16.6. The van der Waals surface area contributed by atoms with Gasteiger partial charge < -0.3 is 18.9 Å². The number of benzene rings is 1. The quantitative estimate of drug-likeness (QED) is 0.666. The summed E-state index contributed by atoms with van der Waals surface area (Å²) in [7, 11) is 0. The van der Waals surface area contributed by atoms with E-state index in [1.165, 1.54) is 5.69 Å². The maximum Gasteiger partial charge on any atom is 0.414 e. The molecule has 1 aliphatic carbocycles. The third-order valence-corrected chi connectivity index (χ3v) is 6.74. The molecule has 1 aromatic heterocycles. The molecule has 7 nitrogen and oxygen atoms in total. The van der Waals surface area contributed by atoms with Gasteiger partial charge in [-0.05, 0) is 69.9 Å². The molecule has 1 saturated carbocycles. The zero-order valence-corrected chi connectivity index (χ0v) is 19.9. The van der Waals surface area contributed by atoms with Crippen molar-refractivity contribution < 1.29 is 19.1 Å². The van der Waals surface area contributed by atoms with Gasteiger partial charge in [0, 0.05) is 36.8 Å². The van der Waals surface area contributed by atoms with Gasteiger partial charge in [0.1, 0.15) is 0 Å². The Morgan fingerprint density at radius 1 is 1.12 bits per heavy atom. The molecule has 0 N–H and O–H groups in total. The predicted molar refractivity (Wildman–Crippen MR) is 128 cm³/mol. The summed E-state index contributed by atoms with van der Waals surface area (Å²) in [6.45, 7) is 10.8. The first kappa shape index (κ1) is 22.0. The summed E-state index contributed by atoms with van der Waals surface area (Å²) in [6.07, 6.45) is 3.50. The molecule has 33 heavy (non-hydrogen) atoms. The Hall–Kier alpha value is -2.80. The lowest BCUT2D eigenvalue weighted by molar-refractivity contribution is -0.120. The molecule has 2 fully saturated rings. The first-order valence-corrected chi connectivity index (χ1v) is 12.0. The van der Waals surface area contributed by atoms with Gasteiger partial charge in [-0.1, -0.05) is 6.07 Å².